The van der Waals surface area contributed by atoms with Crippen LogP contribution < -0.4 is 102 Å². The predicted octanol–water partition coefficient (Wildman–Crippen LogP) is -11.5. The summed E-state index contributed by atoms with van der Waals surface area (Å²) in [7, 11) is 0. The summed E-state index contributed by atoms with van der Waals surface area (Å²) < 4.78 is 0. The van der Waals surface area contributed by atoms with Gasteiger partial charge in [-0.05, 0) is 62.4 Å². The second-order valence-electron chi connectivity index (χ2n) is 33.7. The molecule has 772 valence electrons. The molecule has 0 bridgehead atoms. The van der Waals surface area contributed by atoms with Crippen LogP contribution in [0.1, 0.15) is 106 Å². The van der Waals surface area contributed by atoms with Crippen LogP contribution in [0.5, 0.6) is 0 Å². The number of imidazole rings is 7. The van der Waals surface area contributed by atoms with E-state index in [9.17, 15) is 97.1 Å². The summed E-state index contributed by atoms with van der Waals surface area (Å²) in [6, 6.07) is -23.0. The number of aliphatic hydroxyl groups excluding tert-OH is 3. The largest absolute Gasteiger partial charge is 0.480 e. The van der Waals surface area contributed by atoms with Gasteiger partial charge in [-0.3, -0.25) is 86.9 Å². The van der Waals surface area contributed by atoms with Gasteiger partial charge in [-0.2, -0.15) is 11.8 Å². The summed E-state index contributed by atoms with van der Waals surface area (Å²) in [4.78, 5) is 302. The number of hydrogen-bond acceptors (Lipinski definition) is 31. The molecule has 17 amide bonds. The number of thioether (sulfide) groups is 1. The Labute approximate surface area is 814 Å². The Kier molecular flexibility index (Phi) is 44.9. The Morgan fingerprint density at radius 2 is 0.704 bits per heavy atom. The minimum atomic E-state index is -1.86. The van der Waals surface area contributed by atoms with E-state index < -0.39 is 268 Å². The zero-order chi connectivity index (χ0) is 103. The summed E-state index contributed by atoms with van der Waals surface area (Å²) in [6.07, 6.45) is 18.6. The molecule has 8 heterocycles. The van der Waals surface area contributed by atoms with Crippen LogP contribution in [0.25, 0.3) is 0 Å². The first-order chi connectivity index (χ1) is 67.9. The van der Waals surface area contributed by atoms with E-state index in [-0.39, 0.29) is 117 Å². The summed E-state index contributed by atoms with van der Waals surface area (Å²) in [5.74, 6) is -18.7. The van der Waals surface area contributed by atoms with Crippen molar-refractivity contribution in [1.29, 1.82) is 5.41 Å². The Hall–Kier alpha value is -15.6. The number of rotatable bonds is 61. The van der Waals surface area contributed by atoms with Crippen molar-refractivity contribution >= 4 is 124 Å². The lowest BCUT2D eigenvalue weighted by molar-refractivity contribution is -0.143. The Bertz CT molecular complexity index is 5280. The fraction of sp³-hybridized carbons (Fsp3) is 0.524. The number of carbonyl (C=O) groups is 18. The molecule has 0 spiro atoms. The van der Waals surface area contributed by atoms with Crippen LogP contribution in [0.4, 0.5) is 0 Å². The molecule has 33 N–H and O–H groups in total. The molecule has 0 aromatic carbocycles. The van der Waals surface area contributed by atoms with E-state index in [1.54, 1.807) is 27.7 Å². The smallest absolute Gasteiger partial charge is 0.326 e. The number of nitrogens with zero attached hydrogens (tertiary/aromatic N) is 8. The van der Waals surface area contributed by atoms with E-state index in [2.05, 4.69) is 160 Å². The maximum atomic E-state index is 15.1. The molecule has 0 radical (unpaired) electrons. The fourth-order valence-electron chi connectivity index (χ4n) is 14.5. The Morgan fingerprint density at radius 3 is 1.01 bits per heavy atom. The van der Waals surface area contributed by atoms with Gasteiger partial charge in [-0.25, -0.2) is 39.7 Å². The average Bonchev–Trinajstić information content (AvgIpc) is 1.62. The van der Waals surface area contributed by atoms with E-state index in [0.717, 1.165) is 0 Å². The molecule has 8 rings (SSSR count). The number of nitrogens with one attached hydrogen (secondary N) is 25. The molecule has 7 aromatic heterocycles. The van der Waals surface area contributed by atoms with Crippen molar-refractivity contribution in [2.24, 2.45) is 23.3 Å². The molecule has 0 saturated carbocycles. The quantitative estimate of drug-likeness (QED) is 0.00956. The predicted molar refractivity (Wildman–Crippen MR) is 498 cm³/mol. The number of amides is 17. The Balaban J connectivity index is 0.914. The van der Waals surface area contributed by atoms with Gasteiger partial charge in [0, 0.05) is 101 Å². The molecule has 15 atom stereocenters. The van der Waals surface area contributed by atoms with Crippen molar-refractivity contribution in [3.05, 3.63) is 128 Å². The zero-order valence-electron chi connectivity index (χ0n) is 78.2. The fourth-order valence-corrected chi connectivity index (χ4v) is 15.0. The molecule has 1 fully saturated rings. The Morgan fingerprint density at radius 1 is 0.401 bits per heavy atom. The van der Waals surface area contributed by atoms with E-state index in [1.165, 1.54) is 104 Å². The highest BCUT2D eigenvalue weighted by molar-refractivity contribution is 7.98. The first-order valence-corrected chi connectivity index (χ1v) is 46.6. The maximum Gasteiger partial charge on any atom is 0.326 e. The topological polar surface area (TPSA) is 873 Å². The summed E-state index contributed by atoms with van der Waals surface area (Å²) in [6.45, 7) is 1.33. The number of guanidine groups is 1. The number of aliphatic carboxylic acids is 1. The monoisotopic (exact) mass is 2010 g/mol. The lowest BCUT2D eigenvalue weighted by Crippen LogP contribution is -2.62. The number of aliphatic hydroxyl groups is 3. The third-order valence-corrected chi connectivity index (χ3v) is 22.6. The van der Waals surface area contributed by atoms with Gasteiger partial charge < -0.3 is 162 Å². The summed E-state index contributed by atoms with van der Waals surface area (Å²) in [5, 5.41) is 90.5. The second-order valence-corrected chi connectivity index (χ2v) is 34.7. The van der Waals surface area contributed by atoms with Gasteiger partial charge in [0.25, 0.3) is 0 Å². The highest BCUT2D eigenvalue weighted by Crippen LogP contribution is 2.23. The van der Waals surface area contributed by atoms with Crippen molar-refractivity contribution in [1.82, 2.24) is 165 Å². The van der Waals surface area contributed by atoms with E-state index in [0.29, 0.717) is 12.2 Å². The third kappa shape index (κ3) is 36.6. The molecule has 57 nitrogen and oxygen atoms in total. The number of aromatic nitrogens is 14. The van der Waals surface area contributed by atoms with E-state index in [1.807, 2.05) is 6.26 Å². The molecule has 1 aliphatic heterocycles. The molecule has 0 aliphatic carbocycles. The lowest BCUT2D eigenvalue weighted by Gasteiger charge is -2.32. The van der Waals surface area contributed by atoms with Crippen LogP contribution in [0.15, 0.2) is 87.7 Å². The maximum absolute atomic E-state index is 15.1. The standard InChI is InChI=1S/C84H123N35O22S/c1-42(2)14-53(78(135)118-68(43(3)4)82(139)119-12-7-9-64(119)81(138)109-52(8-6-11-95-84(86)87)70(127)97-31-67(125)108-63(34-122)80(137)116-60(83(140)141)21-50-28-94-41-105-50)106-65(123)30-98-71(128)61(32-120)117-77(134)59(20-49-27-93-40-104-49)114-75(132)57(18-47-25-91-38-102-47)112-73(130)55(16-45-23-89-36-100-45)110-72(129)54(15-44-22-88-35-99-44)111-74(131)56(17-46-24-90-37-101-46)113-76(133)58(19-48-26-92-39-103-48)115-79(136)62(33-121)107-66(124)29-96-69(126)51(85)10-13-142-5/h22-28,35-43,51-64,68,120-122H,6-21,29-34,85H2,1-5H3,(H,88,99)(H,89,100)(H,90,101)(H,91,102)(H,92,103)(H,93,104)(H,94,105)(H,96,126)(H,97,127)(H,98,128)(H,106,123)(H,107,124)(H,108,125)(H,109,138)(H,110,129)(H,111,131)(H,112,130)(H,113,133)(H,114,132)(H,115,136)(H,116,137)(H,117,134)(H,118,135)(H,140,141)(H4,86,87,95)/t51-,52-,53-,54-,55-,56-,57-,58-,59-,60-,61-,62-,63-,64-,68-/m0/s1. The number of likely N-dealkylation sites (tertiary alicyclic amines) is 1. The molecular weight excluding hydrogens is 1880 g/mol. The van der Waals surface area contributed by atoms with Crippen LogP contribution in [0.2, 0.25) is 0 Å². The van der Waals surface area contributed by atoms with Gasteiger partial charge in [0.15, 0.2) is 5.96 Å². The summed E-state index contributed by atoms with van der Waals surface area (Å²) >= 11 is 1.46. The number of H-pyrrole nitrogens is 7. The van der Waals surface area contributed by atoms with Gasteiger partial charge in [-0.1, -0.05) is 27.7 Å². The van der Waals surface area contributed by atoms with Crippen molar-refractivity contribution in [3.63, 3.8) is 0 Å². The van der Waals surface area contributed by atoms with Crippen molar-refractivity contribution in [3.8, 4) is 0 Å². The minimum absolute atomic E-state index is 0.00496. The van der Waals surface area contributed by atoms with Crippen molar-refractivity contribution in [2.45, 2.75) is 202 Å². The zero-order valence-corrected chi connectivity index (χ0v) is 79.0. The van der Waals surface area contributed by atoms with Crippen LogP contribution in [-0.4, -0.2) is 363 Å². The van der Waals surface area contributed by atoms with Gasteiger partial charge in [0.05, 0.1) is 130 Å². The van der Waals surface area contributed by atoms with Crippen LogP contribution in [0.3, 0.4) is 0 Å². The van der Waals surface area contributed by atoms with Crippen LogP contribution in [0, 0.1) is 17.2 Å². The number of carbonyl (C=O) groups excluding carboxylic acids is 17. The first-order valence-electron chi connectivity index (χ1n) is 45.2. The molecule has 58 heteroatoms. The average molecular weight is 2010 g/mol. The molecule has 142 heavy (non-hydrogen) atoms. The number of carboxylic acid groups (broad SMARTS) is 1. The van der Waals surface area contributed by atoms with E-state index in [4.69, 9.17) is 16.9 Å². The summed E-state index contributed by atoms with van der Waals surface area (Å²) in [5.41, 5.74) is 12.8. The van der Waals surface area contributed by atoms with Crippen LogP contribution in [-0.2, 0) is 131 Å². The van der Waals surface area contributed by atoms with Crippen LogP contribution >= 0.6 is 11.8 Å². The highest BCUT2D eigenvalue weighted by Gasteiger charge is 2.43. The van der Waals surface area contributed by atoms with Gasteiger partial charge in [-0.15, -0.1) is 0 Å². The van der Waals surface area contributed by atoms with Gasteiger partial charge in [0.2, 0.25) is 100 Å². The number of hydrogen-bond donors (Lipinski definition) is 31. The first kappa shape index (κ1) is 112. The number of aromatic amines is 7. The van der Waals surface area contributed by atoms with Gasteiger partial charge >= 0.3 is 5.97 Å². The second kappa shape index (κ2) is 57.1. The lowest BCUT2D eigenvalue weighted by atomic mass is 9.99. The van der Waals surface area contributed by atoms with Crippen molar-refractivity contribution in [2.75, 3.05) is 64.6 Å². The van der Waals surface area contributed by atoms with E-state index >= 15 is 9.59 Å². The molecule has 7 aromatic rings. The third-order valence-electron chi connectivity index (χ3n) is 22.0. The molecule has 1 saturated heterocycles. The number of nitrogens with two attached hydrogens (primary N) is 2. The molecule has 1 aliphatic rings. The molecular formula is C84H123N35O22S. The minimum Gasteiger partial charge on any atom is -0.480 e. The van der Waals surface area contributed by atoms with Gasteiger partial charge in [0.1, 0.15) is 84.6 Å². The van der Waals surface area contributed by atoms with Crippen molar-refractivity contribution < 1.29 is 107 Å². The SMILES string of the molecule is CSCC[C@H](N)C(=O)NCC(=O)N[C@@H](CO)C(=O)N[C@@H](Cc1c[nH]cn1)C(=O)N[C@@H](Cc1c[nH]cn1)C(=O)N[C@@H](Cc1c[nH]cn1)C(=O)N[C@@H](Cc1c[nH]cn1)C(=O)N[C@@H](Cc1c[nH]cn1)C(=O)N[C@@H](Cc1c[nH]cn1)C(=O)N[C@@H](CO)C(=O)NCC(=O)N[C@@H](CC(C)C)C(=O)N[C@H](C(=O)N1CCC[C@H]1C(=O)N[C@@H](CCCNC(=N)N)C(=O)NCC(=O)N[C@@H](CO)C(=O)N[C@@H](Cc1c[nH]cn1)C(=O)O)C(C)C. The normalized spacial score (nSPS) is 15.2. The number of carboxylic acids is 1. The highest BCUT2D eigenvalue weighted by atomic mass is 32.2. The molecule has 0 unspecified atom stereocenters.